The predicted octanol–water partition coefficient (Wildman–Crippen LogP) is 2.59. The number of aliphatic hydroxyl groups is 1. The van der Waals surface area contributed by atoms with E-state index in [1.165, 1.54) is 35.2 Å². The van der Waals surface area contributed by atoms with E-state index in [0.29, 0.717) is 32.8 Å². The molecule has 2 N–H and O–H groups in total. The summed E-state index contributed by atoms with van der Waals surface area (Å²) in [4.78, 5) is 29.4. The Bertz CT molecular complexity index is 1080. The number of carbonyl (C=O) groups excluding carboxylic acids is 2. The molecule has 0 saturated carbocycles. The van der Waals surface area contributed by atoms with Crippen molar-refractivity contribution < 1.29 is 28.9 Å². The van der Waals surface area contributed by atoms with Crippen LogP contribution < -0.4 is 0 Å². The minimum Gasteiger partial charge on any atom is -0.507 e. The number of ketones is 1. The number of halogens is 1. The van der Waals surface area contributed by atoms with Crippen molar-refractivity contribution in [3.05, 3.63) is 70.5 Å². The van der Waals surface area contributed by atoms with Gasteiger partial charge in [0.15, 0.2) is 0 Å². The van der Waals surface area contributed by atoms with Crippen molar-refractivity contribution in [1.82, 2.24) is 9.80 Å². The summed E-state index contributed by atoms with van der Waals surface area (Å²) in [6.45, 7) is 5.00. The lowest BCUT2D eigenvalue weighted by atomic mass is 9.94. The number of aromatic hydroxyl groups is 1. The number of likely N-dealkylation sites (tertiary alicyclic amines) is 1. The molecule has 1 amide bonds. The van der Waals surface area contributed by atoms with Crippen LogP contribution >= 0.6 is 0 Å². The van der Waals surface area contributed by atoms with E-state index >= 15 is 0 Å². The third kappa shape index (κ3) is 4.11. The van der Waals surface area contributed by atoms with Gasteiger partial charge in [-0.15, -0.1) is 0 Å². The fraction of sp³-hybridized carbons (Fsp3) is 0.333. The molecule has 1 atom stereocenters. The molecular formula is C24H25FN2O5. The van der Waals surface area contributed by atoms with Gasteiger partial charge in [0, 0.05) is 31.7 Å². The van der Waals surface area contributed by atoms with Crippen LogP contribution in [0, 0.1) is 12.7 Å². The molecule has 2 aromatic rings. The number of phenolic OH excluding ortho intramolecular Hbond substituents is 1. The fourth-order valence-corrected chi connectivity index (χ4v) is 4.19. The standard InChI is InChI=1S/C24H25FN2O5/c1-15-6-7-19(28)17(14-15)22(29)20-21(16-4-2-3-5-18(16)25)27(24(31)23(20)30)9-8-26-10-12-32-13-11-26/h2-7,14,21,28-29H,8-13H2,1H3/b22-20+. The van der Waals surface area contributed by atoms with E-state index in [1.54, 1.807) is 19.1 Å². The number of benzene rings is 2. The molecule has 2 aliphatic rings. The second kappa shape index (κ2) is 9.10. The minimum atomic E-state index is -1.10. The number of Topliss-reactive ketones (excluding diaryl/α,β-unsaturated/α-hetero) is 1. The van der Waals surface area contributed by atoms with Crippen molar-refractivity contribution in [2.24, 2.45) is 0 Å². The maximum Gasteiger partial charge on any atom is 0.295 e. The van der Waals surface area contributed by atoms with Crippen LogP contribution in [0.4, 0.5) is 4.39 Å². The topological polar surface area (TPSA) is 90.3 Å². The average molecular weight is 440 g/mol. The molecule has 0 spiro atoms. The first kappa shape index (κ1) is 22.0. The average Bonchev–Trinajstić information content (AvgIpc) is 3.04. The normalized spacial score (nSPS) is 21.3. The minimum absolute atomic E-state index is 0.0255. The number of aliphatic hydroxyl groups excluding tert-OH is 1. The number of nitrogens with zero attached hydrogens (tertiary/aromatic N) is 2. The summed E-state index contributed by atoms with van der Waals surface area (Å²) < 4.78 is 20.2. The zero-order valence-corrected chi connectivity index (χ0v) is 17.8. The Kier molecular flexibility index (Phi) is 6.25. The number of carbonyl (C=O) groups is 2. The molecule has 7 nitrogen and oxygen atoms in total. The van der Waals surface area contributed by atoms with Crippen molar-refractivity contribution in [3.63, 3.8) is 0 Å². The highest BCUT2D eigenvalue weighted by Crippen LogP contribution is 2.41. The molecule has 2 aromatic carbocycles. The van der Waals surface area contributed by atoms with Crippen molar-refractivity contribution >= 4 is 17.4 Å². The van der Waals surface area contributed by atoms with Gasteiger partial charge in [-0.3, -0.25) is 14.5 Å². The van der Waals surface area contributed by atoms with E-state index in [2.05, 4.69) is 4.90 Å². The lowest BCUT2D eigenvalue weighted by Gasteiger charge is -2.31. The van der Waals surface area contributed by atoms with Gasteiger partial charge in [-0.2, -0.15) is 0 Å². The Morgan fingerprint density at radius 1 is 1.12 bits per heavy atom. The zero-order valence-electron chi connectivity index (χ0n) is 17.8. The Hall–Kier alpha value is -3.23. The first-order chi connectivity index (χ1) is 15.4. The van der Waals surface area contributed by atoms with Gasteiger partial charge in [0.05, 0.1) is 30.4 Å². The van der Waals surface area contributed by atoms with Crippen LogP contribution in [0.5, 0.6) is 5.75 Å². The first-order valence-electron chi connectivity index (χ1n) is 10.5. The number of aryl methyl sites for hydroxylation is 1. The maximum atomic E-state index is 14.8. The Morgan fingerprint density at radius 3 is 2.56 bits per heavy atom. The van der Waals surface area contributed by atoms with Crippen LogP contribution in [0.25, 0.3) is 5.76 Å². The van der Waals surface area contributed by atoms with Crippen LogP contribution in [0.1, 0.15) is 22.7 Å². The van der Waals surface area contributed by atoms with E-state index in [9.17, 15) is 24.2 Å². The Labute approximate surface area is 185 Å². The number of ether oxygens (including phenoxy) is 1. The van der Waals surface area contributed by atoms with Crippen LogP contribution in [0.15, 0.2) is 48.0 Å². The van der Waals surface area contributed by atoms with Gasteiger partial charge < -0.3 is 19.8 Å². The van der Waals surface area contributed by atoms with E-state index in [4.69, 9.17) is 4.74 Å². The summed E-state index contributed by atoms with van der Waals surface area (Å²) in [5, 5.41) is 21.3. The number of phenols is 1. The molecule has 2 saturated heterocycles. The number of hydrogen-bond donors (Lipinski definition) is 2. The van der Waals surface area contributed by atoms with E-state index in [0.717, 1.165) is 5.56 Å². The first-order valence-corrected chi connectivity index (χ1v) is 10.5. The molecule has 32 heavy (non-hydrogen) atoms. The SMILES string of the molecule is Cc1ccc(O)c(/C(O)=C2\C(=O)C(=O)N(CCN3CCOCC3)C2c2ccccc2F)c1. The van der Waals surface area contributed by atoms with Crippen LogP contribution in [-0.4, -0.2) is 71.1 Å². The fourth-order valence-electron chi connectivity index (χ4n) is 4.19. The summed E-state index contributed by atoms with van der Waals surface area (Å²) in [5.74, 6) is -3.06. The van der Waals surface area contributed by atoms with Crippen LogP contribution in [0.2, 0.25) is 0 Å². The summed E-state index contributed by atoms with van der Waals surface area (Å²) in [7, 11) is 0. The third-order valence-electron chi connectivity index (χ3n) is 5.91. The lowest BCUT2D eigenvalue weighted by Crippen LogP contribution is -2.42. The summed E-state index contributed by atoms with van der Waals surface area (Å²) in [5.41, 5.74) is 0.649. The van der Waals surface area contributed by atoms with Crippen molar-refractivity contribution in [3.8, 4) is 5.75 Å². The number of amides is 1. The third-order valence-corrected chi connectivity index (χ3v) is 5.91. The summed E-state index contributed by atoms with van der Waals surface area (Å²) in [6.07, 6.45) is 0. The molecule has 2 heterocycles. The van der Waals surface area contributed by atoms with Crippen LogP contribution in [0.3, 0.4) is 0 Å². The van der Waals surface area contributed by atoms with Crippen molar-refractivity contribution in [2.45, 2.75) is 13.0 Å². The molecule has 168 valence electrons. The van der Waals surface area contributed by atoms with Gasteiger partial charge in [0.25, 0.3) is 11.7 Å². The second-order valence-electron chi connectivity index (χ2n) is 7.99. The largest absolute Gasteiger partial charge is 0.507 e. The van der Waals surface area contributed by atoms with Gasteiger partial charge in [0.2, 0.25) is 0 Å². The summed E-state index contributed by atoms with van der Waals surface area (Å²) >= 11 is 0. The molecule has 2 aliphatic heterocycles. The monoisotopic (exact) mass is 440 g/mol. The highest BCUT2D eigenvalue weighted by molar-refractivity contribution is 6.46. The van der Waals surface area contributed by atoms with Gasteiger partial charge in [-0.05, 0) is 25.1 Å². The highest BCUT2D eigenvalue weighted by Gasteiger charge is 2.47. The molecule has 0 aromatic heterocycles. The number of rotatable bonds is 5. The smallest absolute Gasteiger partial charge is 0.295 e. The quantitative estimate of drug-likeness (QED) is 0.422. The van der Waals surface area contributed by atoms with Gasteiger partial charge in [-0.1, -0.05) is 29.8 Å². The molecule has 0 aliphatic carbocycles. The van der Waals surface area contributed by atoms with E-state index in [-0.39, 0.29) is 29.0 Å². The van der Waals surface area contributed by atoms with Gasteiger partial charge >= 0.3 is 0 Å². The van der Waals surface area contributed by atoms with E-state index < -0.39 is 29.3 Å². The molecule has 4 rings (SSSR count). The van der Waals surface area contributed by atoms with Gasteiger partial charge in [-0.25, -0.2) is 4.39 Å². The number of hydrogen-bond acceptors (Lipinski definition) is 6. The highest BCUT2D eigenvalue weighted by atomic mass is 19.1. The lowest BCUT2D eigenvalue weighted by molar-refractivity contribution is -0.140. The number of morpholine rings is 1. The van der Waals surface area contributed by atoms with Crippen molar-refractivity contribution in [1.29, 1.82) is 0 Å². The molecule has 1 unspecified atom stereocenters. The van der Waals surface area contributed by atoms with Gasteiger partial charge in [0.1, 0.15) is 17.3 Å². The van der Waals surface area contributed by atoms with Crippen molar-refractivity contribution in [2.75, 3.05) is 39.4 Å². The zero-order chi connectivity index (χ0) is 22.8. The molecular weight excluding hydrogens is 415 g/mol. The van der Waals surface area contributed by atoms with Crippen LogP contribution in [-0.2, 0) is 14.3 Å². The van der Waals surface area contributed by atoms with E-state index in [1.807, 2.05) is 0 Å². The molecule has 8 heteroatoms. The second-order valence-corrected chi connectivity index (χ2v) is 7.99. The summed E-state index contributed by atoms with van der Waals surface area (Å²) in [6, 6.07) is 9.36. The molecule has 0 bridgehead atoms. The molecule has 0 radical (unpaired) electrons. The Balaban J connectivity index is 1.79. The maximum absolute atomic E-state index is 14.8. The predicted molar refractivity (Wildman–Crippen MR) is 116 cm³/mol. The Morgan fingerprint density at radius 2 is 1.84 bits per heavy atom. The molecule has 2 fully saturated rings.